The number of aromatic nitrogens is 2. The van der Waals surface area contributed by atoms with Gasteiger partial charge < -0.3 is 27.8 Å². The third-order valence-electron chi connectivity index (χ3n) is 4.93. The number of carbonyl (C=O) groups excluding carboxylic acids is 1. The molecular formula is C23H29Cl4N9O2. The Morgan fingerprint density at radius 1 is 1.03 bits per heavy atom. The molecule has 0 atom stereocenters. The molecule has 9 N–H and O–H groups in total. The van der Waals surface area contributed by atoms with Gasteiger partial charge in [0.25, 0.3) is 5.56 Å². The Balaban J connectivity index is 0.00000456. The maximum atomic E-state index is 13.2. The van der Waals surface area contributed by atoms with E-state index in [1.54, 1.807) is 48.5 Å². The molecule has 206 valence electrons. The van der Waals surface area contributed by atoms with Crippen molar-refractivity contribution in [1.29, 1.82) is 5.41 Å². The molecular weight excluding hydrogens is 576 g/mol. The van der Waals surface area contributed by atoms with Gasteiger partial charge in [0.05, 0.1) is 12.2 Å². The van der Waals surface area contributed by atoms with E-state index in [4.69, 9.17) is 34.2 Å². The van der Waals surface area contributed by atoms with Crippen molar-refractivity contribution in [2.45, 2.75) is 13.1 Å². The number of nitrogens with two attached hydrogens (primary N) is 3. The Kier molecular flexibility index (Phi) is 14.8. The summed E-state index contributed by atoms with van der Waals surface area (Å²) < 4.78 is 1.28. The van der Waals surface area contributed by atoms with Crippen LogP contribution in [0.1, 0.15) is 11.1 Å². The van der Waals surface area contributed by atoms with Crippen LogP contribution in [0.5, 0.6) is 0 Å². The van der Waals surface area contributed by atoms with Gasteiger partial charge in [0, 0.05) is 24.2 Å². The quantitative estimate of drug-likeness (QED) is 0.116. The van der Waals surface area contributed by atoms with Gasteiger partial charge in [0.2, 0.25) is 5.91 Å². The zero-order valence-electron chi connectivity index (χ0n) is 20.0. The minimum absolute atomic E-state index is 0. The summed E-state index contributed by atoms with van der Waals surface area (Å²) in [6, 6.07) is 15.9. The maximum absolute atomic E-state index is 13.2. The van der Waals surface area contributed by atoms with Crippen LogP contribution in [0.15, 0.2) is 64.4 Å². The summed E-state index contributed by atoms with van der Waals surface area (Å²) in [5.74, 6) is -0.519. The molecule has 1 heterocycles. The van der Waals surface area contributed by atoms with Gasteiger partial charge in [-0.25, -0.2) is 4.98 Å². The predicted octanol–water partition coefficient (Wildman–Crippen LogP) is 2.11. The van der Waals surface area contributed by atoms with Crippen LogP contribution in [0.3, 0.4) is 0 Å². The number of hydrogen-bond donors (Lipinski definition) is 6. The molecule has 1 amide bonds. The second-order valence-electron chi connectivity index (χ2n) is 7.48. The number of rotatable bonds is 10. The molecule has 0 spiro atoms. The number of nitrogens with zero attached hydrogens (tertiary/aromatic N) is 3. The lowest BCUT2D eigenvalue weighted by atomic mass is 10.1. The average Bonchev–Trinajstić information content (AvgIpc) is 2.84. The number of guanidine groups is 1. The molecule has 1 aromatic heterocycles. The van der Waals surface area contributed by atoms with Gasteiger partial charge in [-0.2, -0.15) is 0 Å². The van der Waals surface area contributed by atoms with Crippen LogP contribution in [0, 0.1) is 5.41 Å². The smallest absolute Gasteiger partial charge is 0.294 e. The Labute approximate surface area is 243 Å². The van der Waals surface area contributed by atoms with Crippen LogP contribution in [-0.2, 0) is 17.9 Å². The maximum Gasteiger partial charge on any atom is 0.294 e. The van der Waals surface area contributed by atoms with Crippen molar-refractivity contribution in [2.24, 2.45) is 22.2 Å². The molecule has 0 unspecified atom stereocenters. The SMILES string of the molecule is Cl.Cl.Cl.N=C(N)c1ccc(CNC(=O)Cn2c(-c3ccccc3)c(Cl)nc(NCCN=C(N)N)c2=O)cc1. The number of carbonyl (C=O) groups is 1. The Morgan fingerprint density at radius 3 is 2.24 bits per heavy atom. The lowest BCUT2D eigenvalue weighted by Gasteiger charge is -2.16. The summed E-state index contributed by atoms with van der Waals surface area (Å²) in [5.41, 5.74) is 18.0. The third kappa shape index (κ3) is 9.42. The second kappa shape index (κ2) is 16.4. The van der Waals surface area contributed by atoms with Crippen LogP contribution in [-0.4, -0.2) is 40.3 Å². The van der Waals surface area contributed by atoms with Gasteiger partial charge in [-0.1, -0.05) is 66.2 Å². The molecule has 0 aliphatic carbocycles. The fraction of sp³-hybridized carbons (Fsp3) is 0.174. The lowest BCUT2D eigenvalue weighted by Crippen LogP contribution is -2.35. The number of amidine groups is 1. The van der Waals surface area contributed by atoms with Crippen molar-refractivity contribution in [2.75, 3.05) is 18.4 Å². The van der Waals surface area contributed by atoms with Gasteiger partial charge in [0.15, 0.2) is 16.9 Å². The van der Waals surface area contributed by atoms with Gasteiger partial charge in [-0.3, -0.25) is 24.6 Å². The van der Waals surface area contributed by atoms with E-state index in [0.717, 1.165) is 5.56 Å². The Hall–Kier alpha value is -3.51. The zero-order chi connectivity index (χ0) is 25.4. The van der Waals surface area contributed by atoms with Crippen LogP contribution in [0.4, 0.5) is 5.82 Å². The molecule has 0 aliphatic heterocycles. The van der Waals surface area contributed by atoms with Gasteiger partial charge in [0.1, 0.15) is 12.4 Å². The first kappa shape index (κ1) is 34.5. The number of amides is 1. The molecule has 0 aliphatic rings. The minimum Gasteiger partial charge on any atom is -0.384 e. The second-order valence-corrected chi connectivity index (χ2v) is 7.84. The summed E-state index contributed by atoms with van der Waals surface area (Å²) in [6.07, 6.45) is 0. The van der Waals surface area contributed by atoms with Crippen molar-refractivity contribution < 1.29 is 4.79 Å². The highest BCUT2D eigenvalue weighted by atomic mass is 35.5. The normalized spacial score (nSPS) is 9.61. The van der Waals surface area contributed by atoms with Crippen LogP contribution in [0.2, 0.25) is 5.15 Å². The lowest BCUT2D eigenvalue weighted by molar-refractivity contribution is -0.121. The van der Waals surface area contributed by atoms with Crippen molar-refractivity contribution >= 4 is 72.3 Å². The van der Waals surface area contributed by atoms with Gasteiger partial charge in [-0.05, 0) is 5.56 Å². The fourth-order valence-corrected chi connectivity index (χ4v) is 3.53. The van der Waals surface area contributed by atoms with Crippen molar-refractivity contribution in [3.8, 4) is 11.3 Å². The number of anilines is 1. The van der Waals surface area contributed by atoms with Gasteiger partial charge >= 0.3 is 0 Å². The summed E-state index contributed by atoms with van der Waals surface area (Å²) in [6.45, 7) is 0.419. The summed E-state index contributed by atoms with van der Waals surface area (Å²) in [4.78, 5) is 34.1. The number of nitrogen functional groups attached to an aromatic ring is 1. The minimum atomic E-state index is -0.515. The average molecular weight is 605 g/mol. The Bertz CT molecular complexity index is 1300. The Morgan fingerprint density at radius 2 is 1.66 bits per heavy atom. The largest absolute Gasteiger partial charge is 0.384 e. The monoisotopic (exact) mass is 603 g/mol. The zero-order valence-corrected chi connectivity index (χ0v) is 23.2. The number of nitrogens with one attached hydrogen (secondary N) is 3. The molecule has 38 heavy (non-hydrogen) atoms. The molecule has 3 rings (SSSR count). The summed E-state index contributed by atoms with van der Waals surface area (Å²) >= 11 is 6.46. The van der Waals surface area contributed by atoms with Crippen molar-refractivity contribution in [3.05, 3.63) is 81.2 Å². The molecule has 0 bridgehead atoms. The summed E-state index contributed by atoms with van der Waals surface area (Å²) in [7, 11) is 0. The number of benzene rings is 2. The molecule has 0 radical (unpaired) electrons. The highest BCUT2D eigenvalue weighted by molar-refractivity contribution is 6.32. The first-order valence-electron chi connectivity index (χ1n) is 10.6. The summed E-state index contributed by atoms with van der Waals surface area (Å²) in [5, 5.41) is 13.2. The van der Waals surface area contributed by atoms with E-state index in [-0.39, 0.29) is 86.2 Å². The molecule has 15 heteroatoms. The fourth-order valence-electron chi connectivity index (χ4n) is 3.24. The highest BCUT2D eigenvalue weighted by Gasteiger charge is 2.19. The van der Waals surface area contributed by atoms with Gasteiger partial charge in [-0.15, -0.1) is 37.2 Å². The topological polar surface area (TPSA) is 190 Å². The van der Waals surface area contributed by atoms with E-state index in [2.05, 4.69) is 20.6 Å². The number of aliphatic imine (C=N–C) groups is 1. The third-order valence-corrected chi connectivity index (χ3v) is 5.19. The van der Waals surface area contributed by atoms with E-state index < -0.39 is 11.5 Å². The molecule has 0 saturated carbocycles. The number of hydrogen-bond acceptors (Lipinski definition) is 6. The van der Waals surface area contributed by atoms with E-state index in [0.29, 0.717) is 16.8 Å². The van der Waals surface area contributed by atoms with Crippen LogP contribution < -0.4 is 33.4 Å². The van der Waals surface area contributed by atoms with E-state index >= 15 is 0 Å². The first-order valence-corrected chi connectivity index (χ1v) is 11.0. The number of halogens is 4. The predicted molar refractivity (Wildman–Crippen MR) is 159 cm³/mol. The molecule has 0 saturated heterocycles. The van der Waals surface area contributed by atoms with Crippen LogP contribution >= 0.6 is 48.8 Å². The molecule has 3 aromatic rings. The van der Waals surface area contributed by atoms with E-state index in [9.17, 15) is 9.59 Å². The molecule has 11 nitrogen and oxygen atoms in total. The van der Waals surface area contributed by atoms with Crippen molar-refractivity contribution in [3.63, 3.8) is 0 Å². The van der Waals surface area contributed by atoms with Crippen molar-refractivity contribution in [1.82, 2.24) is 14.9 Å². The highest BCUT2D eigenvalue weighted by Crippen LogP contribution is 2.26. The van der Waals surface area contributed by atoms with E-state index in [1.807, 2.05) is 6.07 Å². The standard InChI is InChI=1S/C23H26ClN9O2.3ClH/c24-19-18(15-4-2-1-3-5-15)33(22(35)21(32-19)29-10-11-30-23(27)28)13-17(34)31-12-14-6-8-16(9-7-14)20(25)26;;;/h1-9H,10-13H2,(H3,25,26)(H,29,32)(H,31,34)(H4,27,28,30);3*1H. The van der Waals surface area contributed by atoms with Crippen LogP contribution in [0.25, 0.3) is 11.3 Å². The molecule has 2 aromatic carbocycles. The first-order chi connectivity index (χ1) is 16.8. The van der Waals surface area contributed by atoms with E-state index in [1.165, 1.54) is 4.57 Å². The molecule has 0 fully saturated rings.